The van der Waals surface area contributed by atoms with Crippen LogP contribution in [0, 0.1) is 3.57 Å². The molecule has 2 amide bonds. The summed E-state index contributed by atoms with van der Waals surface area (Å²) in [5, 5.41) is 2.62. The Morgan fingerprint density at radius 2 is 1.93 bits per heavy atom. The molecule has 2 aromatic carbocycles. The molecule has 1 saturated heterocycles. The molecule has 0 aliphatic carbocycles. The normalized spacial score (nSPS) is 15.4. The van der Waals surface area contributed by atoms with E-state index in [0.717, 1.165) is 24.9 Å². The maximum Gasteiger partial charge on any atom is 0.265 e. The lowest BCUT2D eigenvalue weighted by atomic mass is 10.1. The van der Waals surface area contributed by atoms with Crippen molar-refractivity contribution in [2.45, 2.75) is 6.61 Å². The number of nitrogens with one attached hydrogen (secondary N) is 1. The molecule has 1 aliphatic rings. The zero-order chi connectivity index (χ0) is 21.0. The topological polar surface area (TPSA) is 58.6 Å². The Bertz CT molecular complexity index is 1020. The predicted molar refractivity (Wildman–Crippen MR) is 128 cm³/mol. The summed E-state index contributed by atoms with van der Waals surface area (Å²) in [7, 11) is 0. The third kappa shape index (κ3) is 5.31. The van der Waals surface area contributed by atoms with Crippen LogP contribution in [0.3, 0.4) is 0 Å². The number of ether oxygens (including phenoxy) is 1. The summed E-state index contributed by atoms with van der Waals surface area (Å²) in [4.78, 5) is 26.1. The molecule has 0 saturated carbocycles. The Morgan fingerprint density at radius 3 is 2.59 bits per heavy atom. The largest absolute Gasteiger partial charge is 0.488 e. The molecule has 0 radical (unpaired) electrons. The Balaban J connectivity index is 1.77. The van der Waals surface area contributed by atoms with Gasteiger partial charge in [0.1, 0.15) is 17.9 Å². The predicted octanol–water partition coefficient (Wildman–Crippen LogP) is 4.45. The van der Waals surface area contributed by atoms with Gasteiger partial charge in [0.25, 0.3) is 11.8 Å². The number of rotatable bonds is 6. The summed E-state index contributed by atoms with van der Waals surface area (Å²) in [5.74, 6) is -0.223. The number of benzene rings is 2. The van der Waals surface area contributed by atoms with Gasteiger partial charge in [0.15, 0.2) is 5.11 Å². The zero-order valence-corrected chi connectivity index (χ0v) is 19.7. The van der Waals surface area contributed by atoms with Gasteiger partial charge in [-0.2, -0.15) is 0 Å². The molecule has 2 aromatic rings. The fourth-order valence-corrected chi connectivity index (χ4v) is 3.83. The SMILES string of the molecule is C=CCN1C(=O)/C(=C/c2ccc(OCc3ccc(Br)cc3)c(I)c2)C(=O)NC1=S. The summed E-state index contributed by atoms with van der Waals surface area (Å²) in [6.07, 6.45) is 3.11. The molecule has 0 spiro atoms. The van der Waals surface area contributed by atoms with Crippen LogP contribution in [0.2, 0.25) is 0 Å². The number of hydrogen-bond donors (Lipinski definition) is 1. The van der Waals surface area contributed by atoms with Crippen molar-refractivity contribution >= 4 is 73.7 Å². The highest BCUT2D eigenvalue weighted by Crippen LogP contribution is 2.25. The number of thiocarbonyl (C=S) groups is 1. The van der Waals surface area contributed by atoms with Crippen LogP contribution in [0.4, 0.5) is 0 Å². The van der Waals surface area contributed by atoms with Crippen molar-refractivity contribution in [3.63, 3.8) is 0 Å². The fourth-order valence-electron chi connectivity index (χ4n) is 2.62. The van der Waals surface area contributed by atoms with E-state index in [4.69, 9.17) is 17.0 Å². The van der Waals surface area contributed by atoms with E-state index in [-0.39, 0.29) is 17.2 Å². The van der Waals surface area contributed by atoms with Crippen molar-refractivity contribution in [2.24, 2.45) is 0 Å². The number of halogens is 2. The lowest BCUT2D eigenvalue weighted by Gasteiger charge is -2.27. The van der Waals surface area contributed by atoms with Gasteiger partial charge in [-0.25, -0.2) is 0 Å². The third-order valence-electron chi connectivity index (χ3n) is 4.07. The second-order valence-electron chi connectivity index (χ2n) is 6.13. The molecule has 1 fully saturated rings. The highest BCUT2D eigenvalue weighted by Gasteiger charge is 2.32. The van der Waals surface area contributed by atoms with Crippen LogP contribution < -0.4 is 10.1 Å². The van der Waals surface area contributed by atoms with Gasteiger partial charge >= 0.3 is 0 Å². The summed E-state index contributed by atoms with van der Waals surface area (Å²) in [6.45, 7) is 4.29. The van der Waals surface area contributed by atoms with Gasteiger partial charge in [0.05, 0.1) is 3.57 Å². The second kappa shape index (κ2) is 9.64. The van der Waals surface area contributed by atoms with E-state index < -0.39 is 11.8 Å². The minimum atomic E-state index is -0.508. The van der Waals surface area contributed by atoms with Crippen LogP contribution in [0.15, 0.2) is 65.2 Å². The first-order valence-electron chi connectivity index (χ1n) is 8.55. The van der Waals surface area contributed by atoms with E-state index in [0.29, 0.717) is 6.61 Å². The van der Waals surface area contributed by atoms with Gasteiger partial charge in [0.2, 0.25) is 0 Å². The molecule has 29 heavy (non-hydrogen) atoms. The van der Waals surface area contributed by atoms with Crippen molar-refractivity contribution < 1.29 is 14.3 Å². The molecule has 0 aromatic heterocycles. The van der Waals surface area contributed by atoms with E-state index >= 15 is 0 Å². The van der Waals surface area contributed by atoms with Crippen LogP contribution in [-0.2, 0) is 16.2 Å². The van der Waals surface area contributed by atoms with Gasteiger partial charge < -0.3 is 4.74 Å². The van der Waals surface area contributed by atoms with Crippen LogP contribution >= 0.6 is 50.7 Å². The molecule has 1 N–H and O–H groups in total. The van der Waals surface area contributed by atoms with Gasteiger partial charge in [-0.1, -0.05) is 40.2 Å². The zero-order valence-electron chi connectivity index (χ0n) is 15.2. The maximum absolute atomic E-state index is 12.6. The fraction of sp³-hybridized carbons (Fsp3) is 0.0952. The van der Waals surface area contributed by atoms with Crippen molar-refractivity contribution in [2.75, 3.05) is 6.54 Å². The van der Waals surface area contributed by atoms with Crippen LogP contribution in [0.1, 0.15) is 11.1 Å². The minimum absolute atomic E-state index is 0.0276. The Kier molecular flexibility index (Phi) is 7.20. The smallest absolute Gasteiger partial charge is 0.265 e. The van der Waals surface area contributed by atoms with E-state index in [2.05, 4.69) is 50.4 Å². The first-order valence-corrected chi connectivity index (χ1v) is 10.8. The molecule has 1 heterocycles. The minimum Gasteiger partial charge on any atom is -0.488 e. The third-order valence-corrected chi connectivity index (χ3v) is 5.77. The molecule has 0 bridgehead atoms. The molecule has 0 unspecified atom stereocenters. The molecule has 1 aliphatic heterocycles. The number of amides is 2. The summed E-state index contributed by atoms with van der Waals surface area (Å²) >= 11 is 10.6. The molecular formula is C21H16BrIN2O3S. The van der Waals surface area contributed by atoms with Gasteiger partial charge in [-0.15, -0.1) is 6.58 Å². The van der Waals surface area contributed by atoms with Crippen molar-refractivity contribution in [3.8, 4) is 5.75 Å². The quantitative estimate of drug-likeness (QED) is 0.180. The van der Waals surface area contributed by atoms with E-state index in [1.807, 2.05) is 36.4 Å². The Morgan fingerprint density at radius 1 is 1.21 bits per heavy atom. The van der Waals surface area contributed by atoms with Gasteiger partial charge in [-0.05, 0) is 76.3 Å². The molecule has 8 heteroatoms. The van der Waals surface area contributed by atoms with E-state index in [1.165, 1.54) is 4.90 Å². The lowest BCUT2D eigenvalue weighted by Crippen LogP contribution is -2.53. The monoisotopic (exact) mass is 582 g/mol. The van der Waals surface area contributed by atoms with Crippen molar-refractivity contribution in [1.29, 1.82) is 0 Å². The van der Waals surface area contributed by atoms with Crippen LogP contribution in [-0.4, -0.2) is 28.4 Å². The maximum atomic E-state index is 12.6. The Hall–Kier alpha value is -2.04. The molecule has 5 nitrogen and oxygen atoms in total. The average molecular weight is 583 g/mol. The first-order chi connectivity index (χ1) is 13.9. The van der Waals surface area contributed by atoms with Crippen LogP contribution in [0.25, 0.3) is 6.08 Å². The average Bonchev–Trinajstić information content (AvgIpc) is 2.69. The number of carbonyl (C=O) groups excluding carboxylic acids is 2. The number of hydrogen-bond acceptors (Lipinski definition) is 4. The summed E-state index contributed by atoms with van der Waals surface area (Å²) in [6, 6.07) is 13.4. The standard InChI is InChI=1S/C21H16BrIN2O3S/c1-2-9-25-20(27)16(19(26)24-21(25)29)10-14-5-8-18(17(23)11-14)28-12-13-3-6-15(22)7-4-13/h2-8,10-11H,1,9,12H2,(H,24,26,29)/b16-10+. The van der Waals surface area contributed by atoms with Gasteiger partial charge in [-0.3, -0.25) is 19.8 Å². The molecule has 148 valence electrons. The summed E-state index contributed by atoms with van der Waals surface area (Å²) < 4.78 is 7.77. The molecular weight excluding hydrogens is 567 g/mol. The lowest BCUT2D eigenvalue weighted by molar-refractivity contribution is -0.128. The van der Waals surface area contributed by atoms with Crippen molar-refractivity contribution in [1.82, 2.24) is 10.2 Å². The summed E-state index contributed by atoms with van der Waals surface area (Å²) in [5.41, 5.74) is 1.80. The first kappa shape index (κ1) is 21.7. The van der Waals surface area contributed by atoms with E-state index in [1.54, 1.807) is 18.2 Å². The van der Waals surface area contributed by atoms with Crippen LogP contribution in [0.5, 0.6) is 5.75 Å². The number of nitrogens with zero attached hydrogens (tertiary/aromatic N) is 1. The Labute approximate surface area is 196 Å². The number of carbonyl (C=O) groups is 2. The van der Waals surface area contributed by atoms with E-state index in [9.17, 15) is 9.59 Å². The van der Waals surface area contributed by atoms with Gasteiger partial charge in [0, 0.05) is 11.0 Å². The highest BCUT2D eigenvalue weighted by atomic mass is 127. The van der Waals surface area contributed by atoms with Crippen molar-refractivity contribution in [3.05, 3.63) is 79.9 Å². The molecule has 3 rings (SSSR count). The second-order valence-corrected chi connectivity index (χ2v) is 8.59. The molecule has 0 atom stereocenters. The highest BCUT2D eigenvalue weighted by molar-refractivity contribution is 14.1.